The van der Waals surface area contributed by atoms with Crippen molar-refractivity contribution in [1.82, 2.24) is 10.2 Å². The Kier molecular flexibility index (Phi) is 3.61. The molecule has 1 heterocycles. The Morgan fingerprint density at radius 1 is 1.41 bits per heavy atom. The molecule has 0 aliphatic heterocycles. The van der Waals surface area contributed by atoms with E-state index >= 15 is 0 Å². The van der Waals surface area contributed by atoms with Crippen LogP contribution in [0.15, 0.2) is 18.2 Å². The second-order valence-electron chi connectivity index (χ2n) is 3.58. The van der Waals surface area contributed by atoms with Crippen LogP contribution in [0.4, 0.5) is 0 Å². The molecular weight excluding hydrogens is 258 g/mol. The SMILES string of the molecule is COc1cc(Cl)ccc1-c1nnc(C(C)N)s1. The van der Waals surface area contributed by atoms with Gasteiger partial charge in [0.2, 0.25) is 0 Å². The van der Waals surface area contributed by atoms with Crippen LogP contribution in [0.2, 0.25) is 5.02 Å². The molecule has 0 saturated carbocycles. The molecule has 0 aliphatic rings. The van der Waals surface area contributed by atoms with Crippen molar-refractivity contribution in [2.75, 3.05) is 7.11 Å². The van der Waals surface area contributed by atoms with E-state index in [2.05, 4.69) is 10.2 Å². The van der Waals surface area contributed by atoms with Crippen LogP contribution in [0.25, 0.3) is 10.6 Å². The van der Waals surface area contributed by atoms with Gasteiger partial charge in [0.25, 0.3) is 0 Å². The highest BCUT2D eigenvalue weighted by atomic mass is 35.5. The summed E-state index contributed by atoms with van der Waals surface area (Å²) in [7, 11) is 1.60. The van der Waals surface area contributed by atoms with E-state index < -0.39 is 0 Å². The normalized spacial score (nSPS) is 12.5. The number of hydrogen-bond donors (Lipinski definition) is 1. The molecule has 1 unspecified atom stereocenters. The fourth-order valence-electron chi connectivity index (χ4n) is 1.37. The van der Waals surface area contributed by atoms with Crippen molar-refractivity contribution in [1.29, 1.82) is 0 Å². The average Bonchev–Trinajstić information content (AvgIpc) is 2.78. The summed E-state index contributed by atoms with van der Waals surface area (Å²) < 4.78 is 5.27. The highest BCUT2D eigenvalue weighted by molar-refractivity contribution is 7.14. The number of benzene rings is 1. The van der Waals surface area contributed by atoms with Gasteiger partial charge in [-0.15, -0.1) is 10.2 Å². The topological polar surface area (TPSA) is 61.0 Å². The average molecular weight is 270 g/mol. The molecule has 0 fully saturated rings. The van der Waals surface area contributed by atoms with Crippen molar-refractivity contribution < 1.29 is 4.74 Å². The van der Waals surface area contributed by atoms with E-state index in [9.17, 15) is 0 Å². The summed E-state index contributed by atoms with van der Waals surface area (Å²) in [4.78, 5) is 0. The van der Waals surface area contributed by atoms with Crippen molar-refractivity contribution in [2.24, 2.45) is 5.73 Å². The molecule has 0 radical (unpaired) electrons. The Labute approximate surface area is 108 Å². The molecule has 90 valence electrons. The number of aromatic nitrogens is 2. The van der Waals surface area contributed by atoms with E-state index in [1.165, 1.54) is 11.3 Å². The first-order chi connectivity index (χ1) is 8.11. The minimum absolute atomic E-state index is 0.112. The lowest BCUT2D eigenvalue weighted by atomic mass is 10.2. The lowest BCUT2D eigenvalue weighted by Gasteiger charge is -2.05. The van der Waals surface area contributed by atoms with Crippen LogP contribution < -0.4 is 10.5 Å². The van der Waals surface area contributed by atoms with Crippen molar-refractivity contribution >= 4 is 22.9 Å². The maximum Gasteiger partial charge on any atom is 0.151 e. The number of nitrogens with zero attached hydrogens (tertiary/aromatic N) is 2. The molecule has 0 spiro atoms. The summed E-state index contributed by atoms with van der Waals surface area (Å²) >= 11 is 7.37. The van der Waals surface area contributed by atoms with Crippen LogP contribution >= 0.6 is 22.9 Å². The number of halogens is 1. The standard InChI is InChI=1S/C11H12ClN3OS/c1-6(13)10-14-15-11(17-10)8-4-3-7(12)5-9(8)16-2/h3-6H,13H2,1-2H3. The summed E-state index contributed by atoms with van der Waals surface area (Å²) in [6.45, 7) is 1.88. The Hall–Kier alpha value is -1.17. The Morgan fingerprint density at radius 3 is 2.76 bits per heavy atom. The lowest BCUT2D eigenvalue weighted by molar-refractivity contribution is 0.416. The van der Waals surface area contributed by atoms with Crippen LogP contribution in [-0.4, -0.2) is 17.3 Å². The van der Waals surface area contributed by atoms with Crippen molar-refractivity contribution in [2.45, 2.75) is 13.0 Å². The Morgan fingerprint density at radius 2 is 2.18 bits per heavy atom. The Bertz CT molecular complexity index is 527. The summed E-state index contributed by atoms with van der Waals surface area (Å²) in [5.74, 6) is 0.685. The third kappa shape index (κ3) is 2.57. The maximum atomic E-state index is 5.91. The summed E-state index contributed by atoms with van der Waals surface area (Å²) in [6.07, 6.45) is 0. The fourth-order valence-corrected chi connectivity index (χ4v) is 2.36. The quantitative estimate of drug-likeness (QED) is 0.931. The number of rotatable bonds is 3. The number of nitrogens with two attached hydrogens (primary N) is 1. The summed E-state index contributed by atoms with van der Waals surface area (Å²) in [5.41, 5.74) is 6.63. The predicted octanol–water partition coefficient (Wildman–Crippen LogP) is 2.89. The van der Waals surface area contributed by atoms with Gasteiger partial charge < -0.3 is 10.5 Å². The molecule has 6 heteroatoms. The van der Waals surface area contributed by atoms with Crippen LogP contribution in [-0.2, 0) is 0 Å². The van der Waals surface area contributed by atoms with Gasteiger partial charge in [0.1, 0.15) is 10.8 Å². The molecule has 1 aromatic carbocycles. The first-order valence-corrected chi connectivity index (χ1v) is 6.24. The van der Waals surface area contributed by atoms with Crippen LogP contribution in [0.3, 0.4) is 0 Å². The third-order valence-electron chi connectivity index (χ3n) is 2.22. The van der Waals surface area contributed by atoms with Gasteiger partial charge in [0.05, 0.1) is 18.7 Å². The summed E-state index contributed by atoms with van der Waals surface area (Å²) in [5, 5.41) is 10.4. The van der Waals surface area contributed by atoms with E-state index in [1.807, 2.05) is 13.0 Å². The highest BCUT2D eigenvalue weighted by Gasteiger charge is 2.13. The van der Waals surface area contributed by atoms with Gasteiger partial charge in [-0.2, -0.15) is 0 Å². The monoisotopic (exact) mass is 269 g/mol. The van der Waals surface area contributed by atoms with Gasteiger partial charge in [-0.1, -0.05) is 22.9 Å². The number of ether oxygens (including phenoxy) is 1. The van der Waals surface area contributed by atoms with E-state index in [0.717, 1.165) is 15.6 Å². The summed E-state index contributed by atoms with van der Waals surface area (Å²) in [6, 6.07) is 5.31. The number of methoxy groups -OCH3 is 1. The molecule has 2 N–H and O–H groups in total. The van der Waals surface area contributed by atoms with Crippen molar-refractivity contribution in [3.8, 4) is 16.3 Å². The maximum absolute atomic E-state index is 5.91. The van der Waals surface area contributed by atoms with Gasteiger partial charge in [0, 0.05) is 5.02 Å². The molecule has 0 aliphatic carbocycles. The zero-order chi connectivity index (χ0) is 12.4. The van der Waals surface area contributed by atoms with E-state index in [4.69, 9.17) is 22.1 Å². The molecule has 4 nitrogen and oxygen atoms in total. The zero-order valence-electron chi connectivity index (χ0n) is 9.48. The molecule has 2 rings (SSSR count). The lowest BCUT2D eigenvalue weighted by Crippen LogP contribution is -2.03. The second kappa shape index (κ2) is 5.00. The molecule has 1 aromatic heterocycles. The minimum atomic E-state index is -0.112. The molecule has 0 amide bonds. The Balaban J connectivity index is 2.44. The van der Waals surface area contributed by atoms with Gasteiger partial charge in [0.15, 0.2) is 5.01 Å². The van der Waals surface area contributed by atoms with Crippen molar-refractivity contribution in [3.05, 3.63) is 28.2 Å². The first kappa shape index (κ1) is 12.3. The fraction of sp³-hybridized carbons (Fsp3) is 0.273. The van der Waals surface area contributed by atoms with E-state index in [0.29, 0.717) is 10.8 Å². The minimum Gasteiger partial charge on any atom is -0.496 e. The second-order valence-corrected chi connectivity index (χ2v) is 5.02. The molecule has 2 aromatic rings. The smallest absolute Gasteiger partial charge is 0.151 e. The predicted molar refractivity (Wildman–Crippen MR) is 69.5 cm³/mol. The largest absolute Gasteiger partial charge is 0.496 e. The molecular formula is C11H12ClN3OS. The van der Waals surface area contributed by atoms with Crippen LogP contribution in [0.5, 0.6) is 5.75 Å². The molecule has 17 heavy (non-hydrogen) atoms. The number of hydrogen-bond acceptors (Lipinski definition) is 5. The molecule has 0 saturated heterocycles. The van der Waals surface area contributed by atoms with Gasteiger partial charge in [-0.25, -0.2) is 0 Å². The van der Waals surface area contributed by atoms with E-state index in [1.54, 1.807) is 19.2 Å². The highest BCUT2D eigenvalue weighted by Crippen LogP contribution is 2.34. The molecule has 0 bridgehead atoms. The zero-order valence-corrected chi connectivity index (χ0v) is 11.0. The van der Waals surface area contributed by atoms with E-state index in [-0.39, 0.29) is 6.04 Å². The van der Waals surface area contributed by atoms with Crippen molar-refractivity contribution in [3.63, 3.8) is 0 Å². The van der Waals surface area contributed by atoms with Gasteiger partial charge in [-0.05, 0) is 25.1 Å². The first-order valence-electron chi connectivity index (χ1n) is 5.04. The van der Waals surface area contributed by atoms with Gasteiger partial charge in [-0.3, -0.25) is 0 Å². The van der Waals surface area contributed by atoms with Crippen LogP contribution in [0, 0.1) is 0 Å². The van der Waals surface area contributed by atoms with Gasteiger partial charge >= 0.3 is 0 Å². The molecule has 1 atom stereocenters. The third-order valence-corrected chi connectivity index (χ3v) is 3.62. The van der Waals surface area contributed by atoms with Crippen LogP contribution in [0.1, 0.15) is 18.0 Å².